The first-order chi connectivity index (χ1) is 7.35. The summed E-state index contributed by atoms with van der Waals surface area (Å²) in [6.07, 6.45) is 2.12. The van der Waals surface area contributed by atoms with Gasteiger partial charge in [-0.15, -0.1) is 11.3 Å². The number of nitrogens with zero attached hydrogens (tertiary/aromatic N) is 2. The van der Waals surface area contributed by atoms with Crippen LogP contribution in [0.15, 0.2) is 23.7 Å². The molecule has 15 heavy (non-hydrogen) atoms. The number of nitrogens with one attached hydrogen (secondary N) is 1. The zero-order valence-corrected chi connectivity index (χ0v) is 9.84. The van der Waals surface area contributed by atoms with Gasteiger partial charge in [0.1, 0.15) is 5.69 Å². The van der Waals surface area contributed by atoms with Crippen LogP contribution in [0.4, 0.5) is 0 Å². The number of rotatable bonds is 4. The van der Waals surface area contributed by atoms with E-state index >= 15 is 0 Å². The monoisotopic (exact) mass is 221 g/mol. The van der Waals surface area contributed by atoms with Gasteiger partial charge >= 0.3 is 0 Å². The highest BCUT2D eigenvalue weighted by atomic mass is 32.1. The zero-order valence-electron chi connectivity index (χ0n) is 9.03. The van der Waals surface area contributed by atoms with Gasteiger partial charge in [-0.3, -0.25) is 4.68 Å². The first kappa shape index (κ1) is 10.4. The number of aromatic nitrogens is 2. The Kier molecular flexibility index (Phi) is 3.18. The Morgan fingerprint density at radius 1 is 1.53 bits per heavy atom. The highest BCUT2D eigenvalue weighted by Gasteiger charge is 2.10. The molecule has 0 atom stereocenters. The maximum absolute atomic E-state index is 4.58. The Morgan fingerprint density at radius 2 is 2.40 bits per heavy atom. The van der Waals surface area contributed by atoms with Gasteiger partial charge in [-0.1, -0.05) is 6.07 Å². The predicted molar refractivity (Wildman–Crippen MR) is 64.0 cm³/mol. The van der Waals surface area contributed by atoms with E-state index in [9.17, 15) is 0 Å². The Labute approximate surface area is 93.7 Å². The van der Waals surface area contributed by atoms with Crippen LogP contribution in [0, 0.1) is 0 Å². The molecule has 80 valence electrons. The van der Waals surface area contributed by atoms with Crippen LogP contribution in [0.5, 0.6) is 0 Å². The van der Waals surface area contributed by atoms with E-state index in [1.165, 1.54) is 10.4 Å². The second kappa shape index (κ2) is 4.59. The van der Waals surface area contributed by atoms with E-state index in [0.717, 1.165) is 18.8 Å². The van der Waals surface area contributed by atoms with Gasteiger partial charge < -0.3 is 5.32 Å². The van der Waals surface area contributed by atoms with Crippen LogP contribution >= 0.6 is 11.3 Å². The third kappa shape index (κ3) is 2.11. The average Bonchev–Trinajstić information content (AvgIpc) is 2.85. The summed E-state index contributed by atoms with van der Waals surface area (Å²) < 4.78 is 1.99. The standard InChI is InChI=1S/C11H15N3S/c1-3-14-8-9(7-12-2)11(13-14)10-5-4-6-15-10/h4-6,8,12H,3,7H2,1-2H3. The SMILES string of the molecule is CCn1cc(CNC)c(-c2cccs2)n1. The Bertz CT molecular complexity index is 417. The smallest absolute Gasteiger partial charge is 0.107 e. The molecule has 3 nitrogen and oxygen atoms in total. The topological polar surface area (TPSA) is 29.9 Å². The minimum Gasteiger partial charge on any atom is -0.316 e. The number of thiophene rings is 1. The molecule has 0 amide bonds. The van der Waals surface area contributed by atoms with Crippen molar-refractivity contribution in [1.29, 1.82) is 0 Å². The van der Waals surface area contributed by atoms with Crippen molar-refractivity contribution in [3.05, 3.63) is 29.3 Å². The molecule has 2 aromatic rings. The molecule has 0 fully saturated rings. The van der Waals surface area contributed by atoms with Crippen molar-refractivity contribution in [2.75, 3.05) is 7.05 Å². The molecular formula is C11H15N3S. The highest BCUT2D eigenvalue weighted by Crippen LogP contribution is 2.26. The van der Waals surface area contributed by atoms with E-state index in [4.69, 9.17) is 0 Å². The van der Waals surface area contributed by atoms with Crippen molar-refractivity contribution in [1.82, 2.24) is 15.1 Å². The molecular weight excluding hydrogens is 206 g/mol. The van der Waals surface area contributed by atoms with Gasteiger partial charge in [0.05, 0.1) is 4.88 Å². The van der Waals surface area contributed by atoms with Crippen molar-refractivity contribution >= 4 is 11.3 Å². The minimum absolute atomic E-state index is 0.868. The summed E-state index contributed by atoms with van der Waals surface area (Å²) >= 11 is 1.74. The summed E-state index contributed by atoms with van der Waals surface area (Å²) in [5, 5.41) is 9.84. The molecule has 0 bridgehead atoms. The Balaban J connectivity index is 2.40. The summed E-state index contributed by atoms with van der Waals surface area (Å²) in [7, 11) is 1.96. The van der Waals surface area contributed by atoms with Crippen LogP contribution in [-0.4, -0.2) is 16.8 Å². The van der Waals surface area contributed by atoms with Gasteiger partial charge in [-0.05, 0) is 25.4 Å². The number of hydrogen-bond acceptors (Lipinski definition) is 3. The lowest BCUT2D eigenvalue weighted by atomic mass is 10.2. The molecule has 1 N–H and O–H groups in total. The first-order valence-electron chi connectivity index (χ1n) is 5.10. The lowest BCUT2D eigenvalue weighted by Gasteiger charge is -1.97. The third-order valence-electron chi connectivity index (χ3n) is 2.28. The largest absolute Gasteiger partial charge is 0.316 e. The molecule has 0 aromatic carbocycles. The lowest BCUT2D eigenvalue weighted by molar-refractivity contribution is 0.660. The second-order valence-electron chi connectivity index (χ2n) is 3.37. The van der Waals surface area contributed by atoms with Gasteiger partial charge in [-0.2, -0.15) is 5.10 Å². The van der Waals surface area contributed by atoms with E-state index in [1.807, 2.05) is 11.7 Å². The van der Waals surface area contributed by atoms with Crippen molar-refractivity contribution < 1.29 is 0 Å². The molecule has 0 radical (unpaired) electrons. The molecule has 0 saturated carbocycles. The summed E-state index contributed by atoms with van der Waals surface area (Å²) in [5.74, 6) is 0. The summed E-state index contributed by atoms with van der Waals surface area (Å²) in [6, 6.07) is 4.18. The van der Waals surface area contributed by atoms with E-state index in [2.05, 4.69) is 41.0 Å². The fraction of sp³-hybridized carbons (Fsp3) is 0.364. The highest BCUT2D eigenvalue weighted by molar-refractivity contribution is 7.13. The molecule has 2 aromatic heterocycles. The number of aryl methyl sites for hydroxylation is 1. The van der Waals surface area contributed by atoms with Crippen molar-refractivity contribution in [3.63, 3.8) is 0 Å². The molecule has 0 spiro atoms. The Morgan fingerprint density at radius 3 is 3.00 bits per heavy atom. The van der Waals surface area contributed by atoms with Crippen LogP contribution in [-0.2, 0) is 13.1 Å². The van der Waals surface area contributed by atoms with E-state index in [-0.39, 0.29) is 0 Å². The van der Waals surface area contributed by atoms with Crippen LogP contribution in [0.25, 0.3) is 10.6 Å². The summed E-state index contributed by atoms with van der Waals surface area (Å²) in [6.45, 7) is 3.89. The molecule has 0 aliphatic heterocycles. The van der Waals surface area contributed by atoms with E-state index < -0.39 is 0 Å². The predicted octanol–water partition coefficient (Wildman–Crippen LogP) is 2.35. The number of hydrogen-bond donors (Lipinski definition) is 1. The van der Waals surface area contributed by atoms with E-state index in [0.29, 0.717) is 0 Å². The van der Waals surface area contributed by atoms with Crippen LogP contribution in [0.1, 0.15) is 12.5 Å². The maximum atomic E-state index is 4.58. The van der Waals surface area contributed by atoms with E-state index in [1.54, 1.807) is 11.3 Å². The third-order valence-corrected chi connectivity index (χ3v) is 3.16. The molecule has 4 heteroatoms. The molecule has 2 heterocycles. The van der Waals surface area contributed by atoms with Crippen LogP contribution in [0.2, 0.25) is 0 Å². The average molecular weight is 221 g/mol. The van der Waals surface area contributed by atoms with Gasteiger partial charge in [0.15, 0.2) is 0 Å². The van der Waals surface area contributed by atoms with Gasteiger partial charge in [0, 0.05) is 24.8 Å². The summed E-state index contributed by atoms with van der Waals surface area (Å²) in [4.78, 5) is 1.24. The van der Waals surface area contributed by atoms with Gasteiger partial charge in [0.2, 0.25) is 0 Å². The Hall–Kier alpha value is -1.13. The van der Waals surface area contributed by atoms with Gasteiger partial charge in [0.25, 0.3) is 0 Å². The zero-order chi connectivity index (χ0) is 10.7. The summed E-state index contributed by atoms with van der Waals surface area (Å²) in [5.41, 5.74) is 2.38. The fourth-order valence-electron chi connectivity index (χ4n) is 1.57. The molecule has 0 saturated heterocycles. The molecule has 0 unspecified atom stereocenters. The van der Waals surface area contributed by atoms with Crippen LogP contribution in [0.3, 0.4) is 0 Å². The molecule has 0 aliphatic carbocycles. The van der Waals surface area contributed by atoms with Crippen molar-refractivity contribution in [3.8, 4) is 10.6 Å². The second-order valence-corrected chi connectivity index (χ2v) is 4.31. The van der Waals surface area contributed by atoms with Crippen molar-refractivity contribution in [2.45, 2.75) is 20.0 Å². The fourth-order valence-corrected chi connectivity index (χ4v) is 2.31. The van der Waals surface area contributed by atoms with Crippen molar-refractivity contribution in [2.24, 2.45) is 0 Å². The molecule has 0 aliphatic rings. The first-order valence-corrected chi connectivity index (χ1v) is 5.98. The molecule has 2 rings (SSSR count). The van der Waals surface area contributed by atoms with Crippen LogP contribution < -0.4 is 5.32 Å². The quantitative estimate of drug-likeness (QED) is 0.859. The normalized spacial score (nSPS) is 10.8. The van der Waals surface area contributed by atoms with Gasteiger partial charge in [-0.25, -0.2) is 0 Å². The lowest BCUT2D eigenvalue weighted by Crippen LogP contribution is -2.04. The minimum atomic E-state index is 0.868. The maximum Gasteiger partial charge on any atom is 0.107 e.